The van der Waals surface area contributed by atoms with Crippen LogP contribution in [0, 0.1) is 23.0 Å². The van der Waals surface area contributed by atoms with E-state index in [0.29, 0.717) is 18.4 Å². The Balaban J connectivity index is 1.41. The van der Waals surface area contributed by atoms with E-state index in [9.17, 15) is 18.4 Å². The van der Waals surface area contributed by atoms with Crippen LogP contribution in [0.1, 0.15) is 86.3 Å². The second-order valence-electron chi connectivity index (χ2n) is 11.0. The van der Waals surface area contributed by atoms with Crippen molar-refractivity contribution >= 4 is 11.9 Å². The third-order valence-corrected chi connectivity index (χ3v) is 8.36. The number of nitrogens with one attached hydrogen (secondary N) is 1. The largest absolute Gasteiger partial charge is 0.452 e. The number of ether oxygens (including phenoxy) is 1. The van der Waals surface area contributed by atoms with Crippen molar-refractivity contribution < 1.29 is 23.1 Å². The second-order valence-corrected chi connectivity index (χ2v) is 11.0. The first kappa shape index (κ1) is 25.3. The van der Waals surface area contributed by atoms with Gasteiger partial charge in [0, 0.05) is 6.54 Å². The van der Waals surface area contributed by atoms with Crippen LogP contribution < -0.4 is 5.32 Å². The van der Waals surface area contributed by atoms with E-state index >= 15 is 0 Å². The molecule has 0 radical (unpaired) electrons. The standard InChI is InChI=1S/C29H35F2NO3/c1-18(2)19-9-11-21-20(15-19)10-12-24-28(3,13-6-14-29(21,24)4)17-32-25(33)16-35-27(34)26-22(30)7-5-8-23(26)31/h5,7-9,11,15,18,24H,6,10,12-14,16-17H2,1-4H3,(H,32,33). The van der Waals surface area contributed by atoms with Crippen LogP contribution in [-0.4, -0.2) is 25.0 Å². The fourth-order valence-electron chi connectivity index (χ4n) is 6.46. The van der Waals surface area contributed by atoms with E-state index in [1.807, 2.05) is 0 Å². The molecule has 2 aliphatic carbocycles. The molecule has 2 aliphatic rings. The molecule has 0 aromatic heterocycles. The third kappa shape index (κ3) is 4.85. The number of carbonyl (C=O) groups excluding carboxylic acids is 2. The maximum absolute atomic E-state index is 13.8. The summed E-state index contributed by atoms with van der Waals surface area (Å²) in [6.07, 6.45) is 5.31. The van der Waals surface area contributed by atoms with E-state index in [1.165, 1.54) is 22.8 Å². The van der Waals surface area contributed by atoms with Crippen LogP contribution >= 0.6 is 0 Å². The number of aryl methyl sites for hydroxylation is 1. The lowest BCUT2D eigenvalue weighted by Crippen LogP contribution is -2.53. The molecule has 1 fully saturated rings. The van der Waals surface area contributed by atoms with Gasteiger partial charge in [-0.05, 0) is 77.2 Å². The van der Waals surface area contributed by atoms with Crippen molar-refractivity contribution in [3.8, 4) is 0 Å². The first-order chi connectivity index (χ1) is 16.5. The van der Waals surface area contributed by atoms with Crippen molar-refractivity contribution in [3.05, 3.63) is 70.3 Å². The van der Waals surface area contributed by atoms with Crippen molar-refractivity contribution in [1.29, 1.82) is 0 Å². The molecular weight excluding hydrogens is 448 g/mol. The van der Waals surface area contributed by atoms with E-state index in [2.05, 4.69) is 51.2 Å². The first-order valence-corrected chi connectivity index (χ1v) is 12.6. The molecule has 4 rings (SSSR count). The monoisotopic (exact) mass is 483 g/mol. The molecule has 188 valence electrons. The van der Waals surface area contributed by atoms with Crippen molar-refractivity contribution in [3.63, 3.8) is 0 Å². The molecule has 3 atom stereocenters. The number of benzene rings is 2. The lowest BCUT2D eigenvalue weighted by molar-refractivity contribution is -0.125. The van der Waals surface area contributed by atoms with Gasteiger partial charge in [0.05, 0.1) is 0 Å². The van der Waals surface area contributed by atoms with E-state index < -0.39 is 35.7 Å². The number of fused-ring (bicyclic) bond motifs is 3. The maximum atomic E-state index is 13.8. The average molecular weight is 484 g/mol. The second kappa shape index (κ2) is 9.71. The van der Waals surface area contributed by atoms with E-state index in [1.54, 1.807) is 0 Å². The topological polar surface area (TPSA) is 55.4 Å². The molecule has 4 nitrogen and oxygen atoms in total. The zero-order valence-corrected chi connectivity index (χ0v) is 21.0. The Morgan fingerprint density at radius 1 is 1.11 bits per heavy atom. The highest BCUT2D eigenvalue weighted by Crippen LogP contribution is 2.57. The molecule has 2 aromatic carbocycles. The van der Waals surface area contributed by atoms with E-state index in [-0.39, 0.29) is 10.8 Å². The zero-order chi connectivity index (χ0) is 25.4. The van der Waals surface area contributed by atoms with Crippen LogP contribution in [0.25, 0.3) is 0 Å². The van der Waals surface area contributed by atoms with Crippen molar-refractivity contribution in [2.45, 2.75) is 71.1 Å². The Hall–Kier alpha value is -2.76. The summed E-state index contributed by atoms with van der Waals surface area (Å²) in [5, 5.41) is 2.92. The molecule has 6 heteroatoms. The normalized spacial score (nSPS) is 25.5. The minimum Gasteiger partial charge on any atom is -0.452 e. The van der Waals surface area contributed by atoms with Crippen molar-refractivity contribution in [2.75, 3.05) is 13.2 Å². The van der Waals surface area contributed by atoms with Gasteiger partial charge in [-0.25, -0.2) is 13.6 Å². The number of amides is 1. The van der Waals surface area contributed by atoms with Gasteiger partial charge in [-0.1, -0.05) is 58.4 Å². The fraction of sp³-hybridized carbons (Fsp3) is 0.517. The number of halogens is 2. The third-order valence-electron chi connectivity index (χ3n) is 8.36. The predicted octanol–water partition coefficient (Wildman–Crippen LogP) is 6.07. The van der Waals surface area contributed by atoms with Gasteiger partial charge in [0.2, 0.25) is 0 Å². The predicted molar refractivity (Wildman–Crippen MR) is 131 cm³/mol. The lowest BCUT2D eigenvalue weighted by atomic mass is 9.49. The molecule has 2 aromatic rings. The number of rotatable bonds is 6. The summed E-state index contributed by atoms with van der Waals surface area (Å²) in [5.74, 6) is -2.76. The number of esters is 1. The van der Waals surface area contributed by atoms with Crippen LogP contribution in [0.3, 0.4) is 0 Å². The van der Waals surface area contributed by atoms with Gasteiger partial charge in [0.15, 0.2) is 6.61 Å². The van der Waals surface area contributed by atoms with Crippen LogP contribution in [0.4, 0.5) is 8.78 Å². The Morgan fingerprint density at radius 3 is 2.51 bits per heavy atom. The van der Waals surface area contributed by atoms with Crippen LogP contribution in [-0.2, 0) is 21.4 Å². The fourth-order valence-corrected chi connectivity index (χ4v) is 6.46. The molecule has 0 spiro atoms. The SMILES string of the molecule is CC(C)c1ccc2c(c1)CCC1C(C)(CNC(=O)COC(=O)c3c(F)cccc3F)CCCC21C. The molecule has 1 N–H and O–H groups in total. The van der Waals surface area contributed by atoms with Gasteiger partial charge in [-0.3, -0.25) is 4.79 Å². The Bertz CT molecular complexity index is 1110. The van der Waals surface area contributed by atoms with Crippen molar-refractivity contribution in [1.82, 2.24) is 5.32 Å². The number of hydrogen-bond donors (Lipinski definition) is 1. The van der Waals surface area contributed by atoms with Crippen LogP contribution in [0.5, 0.6) is 0 Å². The van der Waals surface area contributed by atoms with Crippen LogP contribution in [0.15, 0.2) is 36.4 Å². The van der Waals surface area contributed by atoms with Gasteiger partial charge >= 0.3 is 5.97 Å². The van der Waals surface area contributed by atoms with E-state index in [0.717, 1.165) is 44.2 Å². The summed E-state index contributed by atoms with van der Waals surface area (Å²) >= 11 is 0. The molecule has 1 amide bonds. The highest BCUT2D eigenvalue weighted by atomic mass is 19.1. The molecular formula is C29H35F2NO3. The summed E-state index contributed by atoms with van der Waals surface area (Å²) in [7, 11) is 0. The summed E-state index contributed by atoms with van der Waals surface area (Å²) in [4.78, 5) is 24.6. The smallest absolute Gasteiger partial charge is 0.344 e. The molecule has 0 bridgehead atoms. The Morgan fingerprint density at radius 2 is 1.83 bits per heavy atom. The summed E-state index contributed by atoms with van der Waals surface area (Å²) in [6, 6.07) is 10.1. The summed E-state index contributed by atoms with van der Waals surface area (Å²) in [6.45, 7) is 8.94. The van der Waals surface area contributed by atoms with Gasteiger partial charge in [-0.2, -0.15) is 0 Å². The summed E-state index contributed by atoms with van der Waals surface area (Å²) in [5.41, 5.74) is 3.44. The minimum absolute atomic E-state index is 0.0512. The average Bonchev–Trinajstić information content (AvgIpc) is 2.81. The zero-order valence-electron chi connectivity index (χ0n) is 21.0. The number of carbonyl (C=O) groups is 2. The quantitative estimate of drug-likeness (QED) is 0.507. The Kier molecular flexibility index (Phi) is 7.03. The molecule has 35 heavy (non-hydrogen) atoms. The molecule has 3 unspecified atom stereocenters. The first-order valence-electron chi connectivity index (χ1n) is 12.6. The minimum atomic E-state index is -1.18. The highest BCUT2D eigenvalue weighted by molar-refractivity contribution is 5.91. The van der Waals surface area contributed by atoms with Crippen molar-refractivity contribution in [2.24, 2.45) is 11.3 Å². The molecule has 0 heterocycles. The van der Waals surface area contributed by atoms with Crippen LogP contribution in [0.2, 0.25) is 0 Å². The van der Waals surface area contributed by atoms with Gasteiger partial charge in [0.1, 0.15) is 17.2 Å². The highest BCUT2D eigenvalue weighted by Gasteiger charge is 2.51. The van der Waals surface area contributed by atoms with Gasteiger partial charge in [0.25, 0.3) is 5.91 Å². The number of hydrogen-bond acceptors (Lipinski definition) is 3. The van der Waals surface area contributed by atoms with Gasteiger partial charge in [-0.15, -0.1) is 0 Å². The van der Waals surface area contributed by atoms with Gasteiger partial charge < -0.3 is 10.1 Å². The van der Waals surface area contributed by atoms with E-state index in [4.69, 9.17) is 4.74 Å². The Labute approximate surface area is 206 Å². The lowest BCUT2D eigenvalue weighted by Gasteiger charge is -2.55. The molecule has 0 saturated heterocycles. The summed E-state index contributed by atoms with van der Waals surface area (Å²) < 4.78 is 32.5. The molecule has 1 saturated carbocycles. The maximum Gasteiger partial charge on any atom is 0.344 e. The molecule has 0 aliphatic heterocycles.